The Kier molecular flexibility index (Phi) is 7.49. The zero-order chi connectivity index (χ0) is 15.8. The molecule has 1 aromatic carbocycles. The molecule has 0 aliphatic heterocycles. The number of carbonyl (C=O) groups excluding carboxylic acids is 1. The summed E-state index contributed by atoms with van der Waals surface area (Å²) in [6.45, 7) is -0.0577. The van der Waals surface area contributed by atoms with E-state index >= 15 is 0 Å². The lowest BCUT2D eigenvalue weighted by molar-refractivity contribution is -0.142. The van der Waals surface area contributed by atoms with Crippen molar-refractivity contribution in [2.75, 3.05) is 20.3 Å². The molecule has 1 amide bonds. The molecule has 0 bridgehead atoms. The van der Waals surface area contributed by atoms with Gasteiger partial charge in [-0.15, -0.1) is 0 Å². The zero-order valence-electron chi connectivity index (χ0n) is 11.3. The summed E-state index contributed by atoms with van der Waals surface area (Å²) in [6.07, 6.45) is 0.183. The van der Waals surface area contributed by atoms with E-state index in [1.165, 1.54) is 7.11 Å². The van der Waals surface area contributed by atoms with Gasteiger partial charge in [0, 0.05) is 25.2 Å². The summed E-state index contributed by atoms with van der Waals surface area (Å²) in [5.41, 5.74) is 0. The molecule has 8 heteroatoms. The monoisotopic (exact) mass is 379 g/mol. The highest BCUT2D eigenvalue weighted by Gasteiger charge is 2.19. The molecule has 0 saturated heterocycles. The normalized spacial score (nSPS) is 11.8. The van der Waals surface area contributed by atoms with Crippen molar-refractivity contribution in [2.24, 2.45) is 0 Å². The van der Waals surface area contributed by atoms with Crippen LogP contribution in [0.1, 0.15) is 6.42 Å². The number of nitrogens with one attached hydrogen (secondary N) is 1. The zero-order valence-corrected chi connectivity index (χ0v) is 13.6. The maximum absolute atomic E-state index is 11.7. The molecule has 1 atom stereocenters. The molecule has 0 heterocycles. The van der Waals surface area contributed by atoms with Gasteiger partial charge in [-0.1, -0.05) is 11.6 Å². The lowest BCUT2D eigenvalue weighted by Crippen LogP contribution is -2.43. The smallest absolute Gasteiger partial charge is 0.326 e. The Morgan fingerprint density at radius 1 is 1.48 bits per heavy atom. The first-order valence-electron chi connectivity index (χ1n) is 6.03. The van der Waals surface area contributed by atoms with Gasteiger partial charge in [-0.05, 0) is 34.1 Å². The van der Waals surface area contributed by atoms with Crippen molar-refractivity contribution >= 4 is 39.4 Å². The van der Waals surface area contributed by atoms with E-state index in [4.69, 9.17) is 26.2 Å². The van der Waals surface area contributed by atoms with Gasteiger partial charge >= 0.3 is 5.97 Å². The second-order valence-corrected chi connectivity index (χ2v) is 5.39. The standard InChI is InChI=1S/C13H15BrClNO5/c1-20-5-4-10(13(18)19)16-12(17)7-21-11-3-2-8(15)6-9(11)14/h2-3,6,10H,4-5,7H2,1H3,(H,16,17)(H,18,19). The summed E-state index contributed by atoms with van der Waals surface area (Å²) >= 11 is 9.04. The van der Waals surface area contributed by atoms with Crippen LogP contribution in [0.3, 0.4) is 0 Å². The number of amides is 1. The molecule has 1 rings (SSSR count). The molecule has 0 aliphatic carbocycles. The van der Waals surface area contributed by atoms with E-state index in [-0.39, 0.29) is 19.6 Å². The third-order valence-electron chi connectivity index (χ3n) is 2.50. The van der Waals surface area contributed by atoms with Crippen molar-refractivity contribution in [3.05, 3.63) is 27.7 Å². The Bertz CT molecular complexity index is 511. The van der Waals surface area contributed by atoms with E-state index in [9.17, 15) is 9.59 Å². The highest BCUT2D eigenvalue weighted by Crippen LogP contribution is 2.27. The molecule has 0 aromatic heterocycles. The maximum atomic E-state index is 11.7. The molecular formula is C13H15BrClNO5. The Morgan fingerprint density at radius 2 is 2.19 bits per heavy atom. The summed E-state index contributed by atoms with van der Waals surface area (Å²) in [7, 11) is 1.46. The van der Waals surface area contributed by atoms with E-state index in [1.54, 1.807) is 18.2 Å². The van der Waals surface area contributed by atoms with E-state index in [1.807, 2.05) is 0 Å². The molecule has 0 fully saturated rings. The van der Waals surface area contributed by atoms with Gasteiger partial charge in [-0.2, -0.15) is 0 Å². The first-order valence-corrected chi connectivity index (χ1v) is 7.20. The Balaban J connectivity index is 2.50. The number of hydrogen-bond donors (Lipinski definition) is 2. The van der Waals surface area contributed by atoms with E-state index in [0.29, 0.717) is 15.2 Å². The van der Waals surface area contributed by atoms with Gasteiger partial charge in [0.25, 0.3) is 5.91 Å². The molecule has 1 aromatic rings. The Labute approximate surface area is 135 Å². The summed E-state index contributed by atoms with van der Waals surface area (Å²) < 4.78 is 10.7. The highest BCUT2D eigenvalue weighted by molar-refractivity contribution is 9.10. The predicted molar refractivity (Wildman–Crippen MR) is 80.7 cm³/mol. The molecular weight excluding hydrogens is 366 g/mol. The summed E-state index contributed by atoms with van der Waals surface area (Å²) in [5, 5.41) is 11.9. The number of carboxylic acid groups (broad SMARTS) is 1. The van der Waals surface area contributed by atoms with Gasteiger partial charge in [-0.25, -0.2) is 4.79 Å². The van der Waals surface area contributed by atoms with Crippen molar-refractivity contribution in [3.8, 4) is 5.75 Å². The third-order valence-corrected chi connectivity index (χ3v) is 3.35. The average molecular weight is 381 g/mol. The fraction of sp³-hybridized carbons (Fsp3) is 0.385. The molecule has 2 N–H and O–H groups in total. The van der Waals surface area contributed by atoms with Crippen LogP contribution in [0.4, 0.5) is 0 Å². The number of ether oxygens (including phenoxy) is 2. The van der Waals surface area contributed by atoms with Gasteiger partial charge in [0.2, 0.25) is 0 Å². The Hall–Kier alpha value is -1.31. The topological polar surface area (TPSA) is 84.9 Å². The van der Waals surface area contributed by atoms with Crippen LogP contribution in [0.5, 0.6) is 5.75 Å². The number of hydrogen-bond acceptors (Lipinski definition) is 4. The van der Waals surface area contributed by atoms with Gasteiger partial charge in [0.1, 0.15) is 11.8 Å². The number of methoxy groups -OCH3 is 1. The van der Waals surface area contributed by atoms with Crippen LogP contribution in [0.15, 0.2) is 22.7 Å². The van der Waals surface area contributed by atoms with Crippen LogP contribution < -0.4 is 10.1 Å². The largest absolute Gasteiger partial charge is 0.483 e. The number of rotatable bonds is 8. The van der Waals surface area contributed by atoms with Crippen LogP contribution in [0.2, 0.25) is 5.02 Å². The van der Waals surface area contributed by atoms with Crippen molar-refractivity contribution in [2.45, 2.75) is 12.5 Å². The van der Waals surface area contributed by atoms with Crippen molar-refractivity contribution in [3.63, 3.8) is 0 Å². The molecule has 0 spiro atoms. The van der Waals surface area contributed by atoms with Gasteiger partial charge < -0.3 is 19.9 Å². The fourth-order valence-corrected chi connectivity index (χ4v) is 2.26. The van der Waals surface area contributed by atoms with Gasteiger partial charge in [0.05, 0.1) is 4.47 Å². The van der Waals surface area contributed by atoms with Crippen molar-refractivity contribution in [1.82, 2.24) is 5.32 Å². The summed E-state index contributed by atoms with van der Waals surface area (Å²) in [4.78, 5) is 22.7. The number of carboxylic acids is 1. The van der Waals surface area contributed by atoms with Crippen LogP contribution in [-0.4, -0.2) is 43.3 Å². The van der Waals surface area contributed by atoms with Crippen LogP contribution in [-0.2, 0) is 14.3 Å². The number of benzene rings is 1. The van der Waals surface area contributed by atoms with Crippen LogP contribution in [0.25, 0.3) is 0 Å². The molecule has 6 nitrogen and oxygen atoms in total. The Morgan fingerprint density at radius 3 is 2.76 bits per heavy atom. The first-order chi connectivity index (χ1) is 9.93. The lowest BCUT2D eigenvalue weighted by Gasteiger charge is -2.14. The molecule has 0 saturated carbocycles. The van der Waals surface area contributed by atoms with Crippen LogP contribution in [0, 0.1) is 0 Å². The molecule has 1 unspecified atom stereocenters. The molecule has 0 radical (unpaired) electrons. The summed E-state index contributed by atoms with van der Waals surface area (Å²) in [6, 6.07) is 3.86. The van der Waals surface area contributed by atoms with Crippen LogP contribution >= 0.6 is 27.5 Å². The second-order valence-electron chi connectivity index (χ2n) is 4.10. The fourth-order valence-electron chi connectivity index (χ4n) is 1.46. The van der Waals surface area contributed by atoms with E-state index in [2.05, 4.69) is 21.2 Å². The average Bonchev–Trinajstić information content (AvgIpc) is 2.42. The first kappa shape index (κ1) is 17.7. The number of carbonyl (C=O) groups is 2. The quantitative estimate of drug-likeness (QED) is 0.721. The minimum atomic E-state index is -1.12. The minimum absolute atomic E-state index is 0.183. The predicted octanol–water partition coefficient (Wildman–Crippen LogP) is 2.09. The van der Waals surface area contributed by atoms with Crippen molar-refractivity contribution in [1.29, 1.82) is 0 Å². The number of aliphatic carboxylic acids is 1. The lowest BCUT2D eigenvalue weighted by atomic mass is 10.2. The number of halogens is 2. The van der Waals surface area contributed by atoms with Gasteiger partial charge in [-0.3, -0.25) is 4.79 Å². The van der Waals surface area contributed by atoms with Gasteiger partial charge in [0.15, 0.2) is 6.61 Å². The molecule has 0 aliphatic rings. The second kappa shape index (κ2) is 8.86. The molecule has 21 heavy (non-hydrogen) atoms. The van der Waals surface area contributed by atoms with E-state index in [0.717, 1.165) is 0 Å². The SMILES string of the molecule is COCCC(NC(=O)COc1ccc(Cl)cc1Br)C(=O)O. The summed E-state index contributed by atoms with van der Waals surface area (Å²) in [5.74, 6) is -1.20. The third kappa shape index (κ3) is 6.33. The highest BCUT2D eigenvalue weighted by atomic mass is 79.9. The minimum Gasteiger partial charge on any atom is -0.483 e. The van der Waals surface area contributed by atoms with Crippen molar-refractivity contribution < 1.29 is 24.2 Å². The maximum Gasteiger partial charge on any atom is 0.326 e. The van der Waals surface area contributed by atoms with E-state index < -0.39 is 17.9 Å². The molecule has 116 valence electrons.